The van der Waals surface area contributed by atoms with Gasteiger partial charge in [0.1, 0.15) is 0 Å². The van der Waals surface area contributed by atoms with E-state index in [4.69, 9.17) is 0 Å². The minimum absolute atomic E-state index is 0.0737. The van der Waals surface area contributed by atoms with E-state index in [0.29, 0.717) is 6.54 Å². The maximum Gasteiger partial charge on any atom is 0.314 e. The maximum absolute atomic E-state index is 11.9. The molecule has 3 rings (SSSR count). The Labute approximate surface area is 161 Å². The van der Waals surface area contributed by atoms with Crippen LogP contribution >= 0.6 is 0 Å². The van der Waals surface area contributed by atoms with Crippen molar-refractivity contribution in [1.29, 1.82) is 0 Å². The minimum atomic E-state index is -0.0737. The Morgan fingerprint density at radius 3 is 2.59 bits per heavy atom. The highest BCUT2D eigenvalue weighted by molar-refractivity contribution is 5.73. The van der Waals surface area contributed by atoms with E-state index in [0.717, 1.165) is 37.5 Å². The number of carbonyl (C=O) groups excluding carboxylic acids is 1. The van der Waals surface area contributed by atoms with Gasteiger partial charge in [-0.05, 0) is 75.0 Å². The van der Waals surface area contributed by atoms with Crippen LogP contribution in [0.2, 0.25) is 0 Å². The summed E-state index contributed by atoms with van der Waals surface area (Å²) in [6.07, 6.45) is 8.12. The number of hydrogen-bond acceptors (Lipinski definition) is 3. The Morgan fingerprint density at radius 2 is 1.89 bits per heavy atom. The average molecular weight is 370 g/mol. The fourth-order valence-electron chi connectivity index (χ4n) is 3.41. The van der Waals surface area contributed by atoms with Crippen molar-refractivity contribution in [3.05, 3.63) is 48.3 Å². The van der Waals surface area contributed by atoms with Gasteiger partial charge in [0.15, 0.2) is 0 Å². The molecule has 0 atom stereocenters. The summed E-state index contributed by atoms with van der Waals surface area (Å²) in [7, 11) is 0. The van der Waals surface area contributed by atoms with Crippen molar-refractivity contribution in [2.75, 3.05) is 32.7 Å². The summed E-state index contributed by atoms with van der Waals surface area (Å²) >= 11 is 0. The quantitative estimate of drug-likeness (QED) is 0.704. The van der Waals surface area contributed by atoms with Crippen LogP contribution in [0.25, 0.3) is 5.69 Å². The summed E-state index contributed by atoms with van der Waals surface area (Å²) < 4.78 is 1.83. The molecular weight excluding hydrogens is 338 g/mol. The largest absolute Gasteiger partial charge is 0.338 e. The maximum atomic E-state index is 11.9. The third-order valence-electron chi connectivity index (χ3n) is 5.22. The lowest BCUT2D eigenvalue weighted by atomic mass is 9.99. The molecule has 1 aromatic carbocycles. The van der Waals surface area contributed by atoms with Crippen molar-refractivity contribution in [3.63, 3.8) is 0 Å². The summed E-state index contributed by atoms with van der Waals surface area (Å²) in [6.45, 7) is 7.18. The number of rotatable bonds is 8. The molecule has 1 aromatic heterocycles. The van der Waals surface area contributed by atoms with Crippen molar-refractivity contribution in [3.8, 4) is 5.69 Å². The first kappa shape index (κ1) is 19.4. The highest BCUT2D eigenvalue weighted by Gasteiger charge is 2.14. The fraction of sp³-hybridized carbons (Fsp3) is 0.524. The zero-order chi connectivity index (χ0) is 18.9. The number of piperidine rings is 1. The zero-order valence-corrected chi connectivity index (χ0v) is 16.2. The van der Waals surface area contributed by atoms with E-state index < -0.39 is 0 Å². The van der Waals surface area contributed by atoms with Crippen LogP contribution in [0.1, 0.15) is 31.7 Å². The average Bonchev–Trinajstić information content (AvgIpc) is 3.22. The molecule has 0 aliphatic carbocycles. The molecular formula is C21H31N5O. The van der Waals surface area contributed by atoms with Gasteiger partial charge in [0.05, 0.1) is 5.69 Å². The van der Waals surface area contributed by atoms with Crippen LogP contribution in [0.4, 0.5) is 4.79 Å². The van der Waals surface area contributed by atoms with Crippen molar-refractivity contribution in [1.82, 2.24) is 25.3 Å². The van der Waals surface area contributed by atoms with Crippen molar-refractivity contribution < 1.29 is 4.79 Å². The molecule has 0 saturated carbocycles. The summed E-state index contributed by atoms with van der Waals surface area (Å²) in [5, 5.41) is 10.1. The Hall–Kier alpha value is -2.34. The summed E-state index contributed by atoms with van der Waals surface area (Å²) in [5.41, 5.74) is 2.24. The van der Waals surface area contributed by atoms with Crippen LogP contribution in [0, 0.1) is 5.92 Å². The van der Waals surface area contributed by atoms with E-state index in [1.54, 1.807) is 6.20 Å². The summed E-state index contributed by atoms with van der Waals surface area (Å²) in [4.78, 5) is 14.4. The van der Waals surface area contributed by atoms with E-state index >= 15 is 0 Å². The van der Waals surface area contributed by atoms with Gasteiger partial charge in [-0.15, -0.1) is 0 Å². The van der Waals surface area contributed by atoms with E-state index in [9.17, 15) is 4.79 Å². The highest BCUT2D eigenvalue weighted by Crippen LogP contribution is 2.15. The molecule has 1 saturated heterocycles. The lowest BCUT2D eigenvalue weighted by Crippen LogP contribution is -2.39. The lowest BCUT2D eigenvalue weighted by Gasteiger charge is -2.30. The summed E-state index contributed by atoms with van der Waals surface area (Å²) in [5.74, 6) is 0.868. The van der Waals surface area contributed by atoms with Gasteiger partial charge in [0.2, 0.25) is 0 Å². The van der Waals surface area contributed by atoms with E-state index in [-0.39, 0.29) is 6.03 Å². The van der Waals surface area contributed by atoms with Gasteiger partial charge >= 0.3 is 6.03 Å². The van der Waals surface area contributed by atoms with Crippen LogP contribution < -0.4 is 10.6 Å². The molecule has 2 aromatic rings. The molecule has 2 amide bonds. The van der Waals surface area contributed by atoms with Crippen molar-refractivity contribution in [2.24, 2.45) is 5.92 Å². The molecule has 27 heavy (non-hydrogen) atoms. The number of benzene rings is 1. The zero-order valence-electron chi connectivity index (χ0n) is 16.2. The number of aromatic nitrogens is 2. The molecule has 6 nitrogen and oxygen atoms in total. The number of carbonyl (C=O) groups is 1. The first-order valence-electron chi connectivity index (χ1n) is 10.0. The topological polar surface area (TPSA) is 62.2 Å². The second kappa shape index (κ2) is 10.1. The number of hydrogen-bond donors (Lipinski definition) is 2. The Balaban J connectivity index is 1.26. The van der Waals surface area contributed by atoms with Gasteiger partial charge in [-0.1, -0.05) is 19.1 Å². The molecule has 0 radical (unpaired) electrons. The van der Waals surface area contributed by atoms with Gasteiger partial charge < -0.3 is 15.5 Å². The number of urea groups is 1. The predicted octanol–water partition coefficient (Wildman–Crippen LogP) is 2.84. The third kappa shape index (κ3) is 6.40. The van der Waals surface area contributed by atoms with Gasteiger partial charge in [-0.3, -0.25) is 0 Å². The first-order valence-corrected chi connectivity index (χ1v) is 10.0. The van der Waals surface area contributed by atoms with Crippen LogP contribution in [0.15, 0.2) is 42.7 Å². The number of nitrogens with zero attached hydrogens (tertiary/aromatic N) is 3. The van der Waals surface area contributed by atoms with Crippen LogP contribution in [-0.4, -0.2) is 53.4 Å². The Kier molecular flexibility index (Phi) is 7.27. The van der Waals surface area contributed by atoms with E-state index in [1.165, 1.54) is 31.5 Å². The highest BCUT2D eigenvalue weighted by atomic mass is 16.2. The molecule has 2 heterocycles. The second-order valence-corrected chi connectivity index (χ2v) is 7.43. The van der Waals surface area contributed by atoms with Gasteiger partial charge in [-0.2, -0.15) is 5.10 Å². The monoisotopic (exact) mass is 369 g/mol. The molecule has 0 bridgehead atoms. The predicted molar refractivity (Wildman–Crippen MR) is 108 cm³/mol. The molecule has 146 valence electrons. The SMILES string of the molecule is CC1CCN(CCCNC(=O)NCCc2ccc(-n3cccn3)cc2)CC1. The van der Waals surface area contributed by atoms with Crippen LogP contribution in [0.3, 0.4) is 0 Å². The molecule has 6 heteroatoms. The van der Waals surface area contributed by atoms with Gasteiger partial charge in [0, 0.05) is 25.5 Å². The number of nitrogens with one attached hydrogen (secondary N) is 2. The van der Waals surface area contributed by atoms with Crippen LogP contribution in [0.5, 0.6) is 0 Å². The minimum Gasteiger partial charge on any atom is -0.338 e. The smallest absolute Gasteiger partial charge is 0.314 e. The lowest BCUT2D eigenvalue weighted by molar-refractivity contribution is 0.190. The summed E-state index contributed by atoms with van der Waals surface area (Å²) in [6, 6.07) is 10.1. The van der Waals surface area contributed by atoms with E-state index in [1.807, 2.05) is 29.1 Å². The van der Waals surface area contributed by atoms with Crippen LogP contribution in [-0.2, 0) is 6.42 Å². The molecule has 2 N–H and O–H groups in total. The Morgan fingerprint density at radius 1 is 1.15 bits per heavy atom. The number of likely N-dealkylation sites (tertiary alicyclic amines) is 1. The third-order valence-corrected chi connectivity index (χ3v) is 5.22. The second-order valence-electron chi connectivity index (χ2n) is 7.43. The fourth-order valence-corrected chi connectivity index (χ4v) is 3.41. The Bertz CT molecular complexity index is 675. The molecule has 1 fully saturated rings. The van der Waals surface area contributed by atoms with Crippen molar-refractivity contribution >= 4 is 6.03 Å². The molecule has 0 unspecified atom stereocenters. The standard InChI is InChI=1S/C21H31N5O/c1-18-9-16-25(17-10-18)14-2-11-22-21(27)23-13-8-19-4-6-20(7-5-19)26-15-3-12-24-26/h3-7,12,15,18H,2,8-11,13-14,16-17H2,1H3,(H2,22,23,27). The first-order chi connectivity index (χ1) is 13.2. The number of amides is 2. The van der Waals surface area contributed by atoms with Crippen molar-refractivity contribution in [2.45, 2.75) is 32.6 Å². The van der Waals surface area contributed by atoms with E-state index in [2.05, 4.69) is 39.7 Å². The molecule has 0 spiro atoms. The van der Waals surface area contributed by atoms with Gasteiger partial charge in [-0.25, -0.2) is 9.48 Å². The molecule has 1 aliphatic rings. The van der Waals surface area contributed by atoms with Gasteiger partial charge in [0.25, 0.3) is 0 Å². The molecule has 1 aliphatic heterocycles. The normalized spacial score (nSPS) is 15.6.